The van der Waals surface area contributed by atoms with Crippen LogP contribution in [-0.2, 0) is 4.57 Å². The monoisotopic (exact) mass is 673 g/mol. The highest BCUT2D eigenvalue weighted by Crippen LogP contribution is 2.47. The van der Waals surface area contributed by atoms with Crippen molar-refractivity contribution in [3.63, 3.8) is 0 Å². The lowest BCUT2D eigenvalue weighted by molar-refractivity contribution is 0.592. The maximum Gasteiger partial charge on any atom is 0.171 e. The summed E-state index contributed by atoms with van der Waals surface area (Å²) in [6.45, 7) is 0. The van der Waals surface area contributed by atoms with Crippen LogP contribution in [0.25, 0.3) is 66.7 Å². The molecule has 0 atom stereocenters. The first-order valence-electron chi connectivity index (χ1n) is 17.1. The molecule has 0 amide bonds. The molecule has 242 valence electrons. The van der Waals surface area contributed by atoms with E-state index in [1.54, 1.807) is 0 Å². The van der Waals surface area contributed by atoms with E-state index in [1.165, 1.54) is 0 Å². The zero-order chi connectivity index (χ0) is 34.2. The quantitative estimate of drug-likeness (QED) is 0.158. The second-order valence-electron chi connectivity index (χ2n) is 12.6. The largest absolute Gasteiger partial charge is 0.455 e. The number of rotatable bonds is 7. The second kappa shape index (κ2) is 12.9. The summed E-state index contributed by atoms with van der Waals surface area (Å²) in [5, 5.41) is 4.44. The molecule has 51 heavy (non-hydrogen) atoms. The zero-order valence-electron chi connectivity index (χ0n) is 27.7. The van der Waals surface area contributed by atoms with E-state index in [0.29, 0.717) is 0 Å². The third-order valence-corrected chi connectivity index (χ3v) is 12.7. The van der Waals surface area contributed by atoms with Gasteiger partial charge < -0.3 is 8.98 Å². The fourth-order valence-electron chi connectivity index (χ4n) is 7.08. The van der Waals surface area contributed by atoms with Gasteiger partial charge >= 0.3 is 0 Å². The van der Waals surface area contributed by atoms with Gasteiger partial charge in [-0.2, -0.15) is 0 Å². The molecule has 0 fully saturated rings. The number of aromatic nitrogens is 1. The van der Waals surface area contributed by atoms with Gasteiger partial charge in [-0.15, -0.1) is 0 Å². The molecule has 0 aliphatic rings. The highest BCUT2D eigenvalue weighted by molar-refractivity contribution is 7.85. The lowest BCUT2D eigenvalue weighted by Crippen LogP contribution is -2.24. The molecule has 3 nitrogen and oxygen atoms in total. The first-order chi connectivity index (χ1) is 25.2. The van der Waals surface area contributed by atoms with Gasteiger partial charge in [0.25, 0.3) is 0 Å². The summed E-state index contributed by atoms with van der Waals surface area (Å²) in [6, 6.07) is 65.3. The van der Waals surface area contributed by atoms with E-state index in [-0.39, 0.29) is 0 Å². The van der Waals surface area contributed by atoms with E-state index in [2.05, 4.69) is 78.9 Å². The summed E-state index contributed by atoms with van der Waals surface area (Å²) in [5.74, 6) is 0.830. The number of benzene rings is 7. The minimum Gasteiger partial charge on any atom is -0.455 e. The third-order valence-electron chi connectivity index (χ3n) is 9.59. The molecule has 9 aromatic rings. The summed E-state index contributed by atoms with van der Waals surface area (Å²) in [4.78, 5) is 5.27. The number of pyridine rings is 1. The van der Waals surface area contributed by atoms with Crippen molar-refractivity contribution in [2.75, 3.05) is 0 Å². The SMILES string of the molecule is O=P(c1ccccc1)(c1ccccc1)c1ccc(-c2ccc(-c3nc4ccccc4c4oc(-c5ccccc5)c(-c5ccccc5)c34)cc2)cc1. The molecule has 7 aromatic carbocycles. The van der Waals surface area contributed by atoms with Gasteiger partial charge in [-0.1, -0.05) is 182 Å². The Kier molecular flexibility index (Phi) is 7.76. The predicted molar refractivity (Wildman–Crippen MR) is 213 cm³/mol. The molecule has 0 aliphatic heterocycles. The van der Waals surface area contributed by atoms with E-state index in [0.717, 1.165) is 82.6 Å². The standard InChI is InChI=1S/C47H32NO2P/c49-51(38-19-9-3-10-20-38,39-21-11-4-12-22-39)40-31-29-34(30-32-40)33-25-27-36(28-26-33)45-44-43(35-15-5-1-6-16-35)46(37-17-7-2-8-18-37)50-47(44)41-23-13-14-24-42(41)48-45/h1-32H. The van der Waals surface area contributed by atoms with Crippen molar-refractivity contribution in [1.29, 1.82) is 0 Å². The normalized spacial score (nSPS) is 11.6. The zero-order valence-corrected chi connectivity index (χ0v) is 28.6. The van der Waals surface area contributed by atoms with E-state index < -0.39 is 7.14 Å². The average Bonchev–Trinajstić information content (AvgIpc) is 3.63. The molecule has 0 bridgehead atoms. The molecule has 0 unspecified atom stereocenters. The van der Waals surface area contributed by atoms with Crippen molar-refractivity contribution >= 4 is 44.9 Å². The van der Waals surface area contributed by atoms with Gasteiger partial charge in [0.05, 0.1) is 16.6 Å². The summed E-state index contributed by atoms with van der Waals surface area (Å²) in [6.07, 6.45) is 0. The van der Waals surface area contributed by atoms with Crippen LogP contribution in [0, 0.1) is 0 Å². The van der Waals surface area contributed by atoms with Crippen molar-refractivity contribution in [2.24, 2.45) is 0 Å². The molecule has 0 aliphatic carbocycles. The van der Waals surface area contributed by atoms with E-state index >= 15 is 0 Å². The molecule has 0 N–H and O–H groups in total. The topological polar surface area (TPSA) is 43.1 Å². The number of furan rings is 1. The lowest BCUT2D eigenvalue weighted by atomic mass is 9.94. The third kappa shape index (κ3) is 5.40. The highest BCUT2D eigenvalue weighted by Gasteiger charge is 2.29. The van der Waals surface area contributed by atoms with Gasteiger partial charge in [0.1, 0.15) is 11.3 Å². The van der Waals surface area contributed by atoms with Crippen LogP contribution in [0.3, 0.4) is 0 Å². The van der Waals surface area contributed by atoms with Crippen LogP contribution in [0.15, 0.2) is 199 Å². The van der Waals surface area contributed by atoms with E-state index in [4.69, 9.17) is 9.40 Å². The minimum absolute atomic E-state index is 0.811. The van der Waals surface area contributed by atoms with Crippen molar-refractivity contribution in [3.05, 3.63) is 194 Å². The first kappa shape index (κ1) is 30.8. The van der Waals surface area contributed by atoms with Gasteiger partial charge in [-0.05, 0) is 28.8 Å². The summed E-state index contributed by atoms with van der Waals surface area (Å²) >= 11 is 0. The Hall–Kier alpha value is -6.28. The Balaban J connectivity index is 1.16. The first-order valence-corrected chi connectivity index (χ1v) is 18.8. The predicted octanol–water partition coefficient (Wildman–Crippen LogP) is 11.3. The molecule has 9 rings (SSSR count). The van der Waals surface area contributed by atoms with Crippen molar-refractivity contribution in [2.45, 2.75) is 0 Å². The number of hydrogen-bond donors (Lipinski definition) is 0. The minimum atomic E-state index is -3.05. The molecule has 0 radical (unpaired) electrons. The summed E-state index contributed by atoms with van der Waals surface area (Å²) in [5.41, 5.74) is 8.84. The Morgan fingerprint density at radius 3 is 1.45 bits per heavy atom. The second-order valence-corrected chi connectivity index (χ2v) is 15.4. The van der Waals surface area contributed by atoms with Gasteiger partial charge in [0.15, 0.2) is 7.14 Å². The van der Waals surface area contributed by atoms with Gasteiger partial charge in [-0.3, -0.25) is 0 Å². The molecule has 0 saturated heterocycles. The Bertz CT molecular complexity index is 2630. The Morgan fingerprint density at radius 1 is 0.412 bits per heavy atom. The number of hydrogen-bond acceptors (Lipinski definition) is 3. The summed E-state index contributed by atoms with van der Waals surface area (Å²) < 4.78 is 21.7. The van der Waals surface area contributed by atoms with Crippen LogP contribution in [0.1, 0.15) is 0 Å². The van der Waals surface area contributed by atoms with E-state index in [9.17, 15) is 4.57 Å². The number of fused-ring (bicyclic) bond motifs is 3. The molecule has 0 saturated carbocycles. The molecular weight excluding hydrogens is 641 g/mol. The maximum absolute atomic E-state index is 14.9. The van der Waals surface area contributed by atoms with Crippen molar-refractivity contribution in [3.8, 4) is 44.8 Å². The van der Waals surface area contributed by atoms with Crippen LogP contribution in [0.5, 0.6) is 0 Å². The fraction of sp³-hybridized carbons (Fsp3) is 0. The smallest absolute Gasteiger partial charge is 0.171 e. The van der Waals surface area contributed by atoms with Crippen LogP contribution < -0.4 is 15.9 Å². The maximum atomic E-state index is 14.9. The molecule has 2 aromatic heterocycles. The van der Waals surface area contributed by atoms with Crippen molar-refractivity contribution in [1.82, 2.24) is 4.98 Å². The van der Waals surface area contributed by atoms with Gasteiger partial charge in [-0.25, -0.2) is 4.98 Å². The van der Waals surface area contributed by atoms with Crippen LogP contribution in [0.4, 0.5) is 0 Å². The molecular formula is C47H32NO2P. The van der Waals surface area contributed by atoms with Crippen molar-refractivity contribution < 1.29 is 8.98 Å². The average molecular weight is 674 g/mol. The van der Waals surface area contributed by atoms with Gasteiger partial charge in [0.2, 0.25) is 0 Å². The Morgan fingerprint density at radius 2 is 0.863 bits per heavy atom. The lowest BCUT2D eigenvalue weighted by Gasteiger charge is -2.20. The fourth-order valence-corrected chi connectivity index (χ4v) is 9.72. The number of para-hydroxylation sites is 1. The van der Waals surface area contributed by atoms with E-state index in [1.807, 2.05) is 115 Å². The van der Waals surface area contributed by atoms with Crippen LogP contribution in [-0.4, -0.2) is 4.98 Å². The molecule has 2 heterocycles. The van der Waals surface area contributed by atoms with Crippen LogP contribution >= 0.6 is 7.14 Å². The Labute approximate surface area is 296 Å². The molecule has 0 spiro atoms. The summed E-state index contributed by atoms with van der Waals surface area (Å²) in [7, 11) is -3.05. The number of nitrogens with zero attached hydrogens (tertiary/aromatic N) is 1. The van der Waals surface area contributed by atoms with Crippen LogP contribution in [0.2, 0.25) is 0 Å². The van der Waals surface area contributed by atoms with Gasteiger partial charge in [0, 0.05) is 38.0 Å². The molecule has 4 heteroatoms. The highest BCUT2D eigenvalue weighted by atomic mass is 31.2.